The third-order valence-corrected chi connectivity index (χ3v) is 18.6. The number of carbonyl (C=O) groups is 4. The van der Waals surface area contributed by atoms with Crippen molar-refractivity contribution in [3.63, 3.8) is 0 Å². The van der Waals surface area contributed by atoms with Crippen LogP contribution in [0.2, 0.25) is 0 Å². The van der Waals surface area contributed by atoms with Crippen LogP contribution in [-0.4, -0.2) is 96.7 Å². The van der Waals surface area contributed by atoms with Gasteiger partial charge in [-0.05, 0) is 49.4 Å². The lowest BCUT2D eigenvalue weighted by Crippen LogP contribution is -2.30. The van der Waals surface area contributed by atoms with Crippen molar-refractivity contribution >= 4 is 39.5 Å². The maximum absolute atomic E-state index is 13.0. The van der Waals surface area contributed by atoms with Crippen LogP contribution in [0.4, 0.5) is 0 Å². The summed E-state index contributed by atoms with van der Waals surface area (Å²) in [5.41, 5.74) is 0. The second-order valence-corrected chi connectivity index (χ2v) is 30.2. The van der Waals surface area contributed by atoms with Crippen molar-refractivity contribution in [1.82, 2.24) is 0 Å². The number of unbranched alkanes of at least 4 members (excludes halogenated alkanes) is 33. The molecule has 6 atom stereocenters. The molecule has 90 heavy (non-hydrogen) atoms. The molecule has 0 aromatic rings. The molecule has 0 aliphatic rings. The van der Waals surface area contributed by atoms with E-state index in [2.05, 4.69) is 55.4 Å². The molecule has 0 aromatic heterocycles. The molecule has 4 unspecified atom stereocenters. The van der Waals surface area contributed by atoms with Crippen molar-refractivity contribution in [1.29, 1.82) is 0 Å². The molecule has 19 heteroatoms. The maximum Gasteiger partial charge on any atom is 0.472 e. The molecule has 0 aromatic carbocycles. The molecule has 0 aliphatic carbocycles. The number of hydrogen-bond acceptors (Lipinski definition) is 15. The van der Waals surface area contributed by atoms with E-state index in [4.69, 9.17) is 37.0 Å². The van der Waals surface area contributed by atoms with Crippen molar-refractivity contribution in [2.24, 2.45) is 23.7 Å². The molecule has 0 aliphatic heterocycles. The van der Waals surface area contributed by atoms with Crippen LogP contribution >= 0.6 is 15.6 Å². The van der Waals surface area contributed by atoms with Gasteiger partial charge in [-0.15, -0.1) is 0 Å². The van der Waals surface area contributed by atoms with Gasteiger partial charge in [0.05, 0.1) is 26.4 Å². The average Bonchev–Trinajstić information content (AvgIpc) is 3.69. The molecular weight excluding hydrogens is 1190 g/mol. The number of aliphatic hydroxyl groups excluding tert-OH is 1. The van der Waals surface area contributed by atoms with E-state index in [-0.39, 0.29) is 25.7 Å². The fourth-order valence-electron chi connectivity index (χ4n) is 10.6. The quantitative estimate of drug-likeness (QED) is 0.0222. The largest absolute Gasteiger partial charge is 0.472 e. The predicted octanol–water partition coefficient (Wildman–Crippen LogP) is 20.1. The fourth-order valence-corrected chi connectivity index (χ4v) is 12.2. The fraction of sp³-hybridized carbons (Fsp3) is 0.944. The van der Waals surface area contributed by atoms with Crippen LogP contribution in [-0.2, 0) is 65.4 Å². The van der Waals surface area contributed by atoms with Gasteiger partial charge < -0.3 is 33.8 Å². The molecular formula is C71H138O17P2. The summed E-state index contributed by atoms with van der Waals surface area (Å²) in [5.74, 6) is 0.838. The second-order valence-electron chi connectivity index (χ2n) is 27.3. The molecule has 0 saturated heterocycles. The maximum atomic E-state index is 13.0. The van der Waals surface area contributed by atoms with Crippen molar-refractivity contribution < 1.29 is 80.2 Å². The first-order chi connectivity index (χ1) is 43.1. The first-order valence-electron chi connectivity index (χ1n) is 36.7. The first-order valence-corrected chi connectivity index (χ1v) is 39.7. The van der Waals surface area contributed by atoms with E-state index < -0.39 is 97.5 Å². The smallest absolute Gasteiger partial charge is 0.462 e. The van der Waals surface area contributed by atoms with Crippen molar-refractivity contribution in [3.05, 3.63) is 0 Å². The predicted molar refractivity (Wildman–Crippen MR) is 363 cm³/mol. The Morgan fingerprint density at radius 3 is 0.789 bits per heavy atom. The summed E-state index contributed by atoms with van der Waals surface area (Å²) in [6.07, 6.45) is 43.3. The highest BCUT2D eigenvalue weighted by atomic mass is 31.2. The lowest BCUT2D eigenvalue weighted by Gasteiger charge is -2.21. The zero-order valence-corrected chi connectivity index (χ0v) is 60.6. The Bertz CT molecular complexity index is 1780. The van der Waals surface area contributed by atoms with Crippen LogP contribution in [0, 0.1) is 23.7 Å². The lowest BCUT2D eigenvalue weighted by molar-refractivity contribution is -0.161. The summed E-state index contributed by atoms with van der Waals surface area (Å²) in [6.45, 7) is 14.1. The second kappa shape index (κ2) is 60.7. The number of carbonyl (C=O) groups excluding carboxylic acids is 4. The normalized spacial score (nSPS) is 14.6. The summed E-state index contributed by atoms with van der Waals surface area (Å²) in [4.78, 5) is 72.5. The Morgan fingerprint density at radius 2 is 0.533 bits per heavy atom. The van der Waals surface area contributed by atoms with Gasteiger partial charge in [0.25, 0.3) is 0 Å². The number of ether oxygens (including phenoxy) is 4. The van der Waals surface area contributed by atoms with Gasteiger partial charge in [-0.3, -0.25) is 37.3 Å². The monoisotopic (exact) mass is 1320 g/mol. The van der Waals surface area contributed by atoms with Gasteiger partial charge in [0.2, 0.25) is 0 Å². The molecule has 0 heterocycles. The summed E-state index contributed by atoms with van der Waals surface area (Å²) >= 11 is 0. The Hall–Kier alpha value is -1.94. The minimum Gasteiger partial charge on any atom is -0.462 e. The molecule has 0 saturated carbocycles. The molecule has 0 bridgehead atoms. The molecule has 0 amide bonds. The highest BCUT2D eigenvalue weighted by Crippen LogP contribution is 2.45. The number of esters is 4. The highest BCUT2D eigenvalue weighted by molar-refractivity contribution is 7.47. The molecule has 534 valence electrons. The standard InChI is InChI=1S/C71H138O17P2/c1-9-64(8)50-42-34-29-30-38-46-54-71(76)88-67(58-82-69(74)52-44-36-27-21-19-24-32-40-48-62(4)5)60-86-90(79,80)84-56-65(72)55-83-89(77,78)85-59-66(87-70(75)53-45-37-28-22-20-25-33-41-49-63(6)7)57-81-68(73)51-43-35-26-18-16-14-12-10-11-13-15-17-23-31-39-47-61(2)3/h61-67,72H,9-60H2,1-8H3,(H,77,78)(H,79,80)/t64?,65?,66-,67-/m1/s1. The van der Waals surface area contributed by atoms with Gasteiger partial charge in [-0.2, -0.15) is 0 Å². The molecule has 0 rings (SSSR count). The van der Waals surface area contributed by atoms with Gasteiger partial charge in [-0.1, -0.05) is 299 Å². The minimum absolute atomic E-state index is 0.102. The van der Waals surface area contributed by atoms with Crippen LogP contribution in [0.25, 0.3) is 0 Å². The van der Waals surface area contributed by atoms with Crippen molar-refractivity contribution in [3.8, 4) is 0 Å². The van der Waals surface area contributed by atoms with E-state index in [1.165, 1.54) is 154 Å². The molecule has 3 N–H and O–H groups in total. The van der Waals surface area contributed by atoms with E-state index in [0.717, 1.165) is 114 Å². The zero-order valence-electron chi connectivity index (χ0n) is 58.8. The van der Waals surface area contributed by atoms with E-state index in [1.807, 2.05) is 0 Å². The van der Waals surface area contributed by atoms with Crippen molar-refractivity contribution in [2.45, 2.75) is 369 Å². The topological polar surface area (TPSA) is 237 Å². The number of phosphoric ester groups is 2. The van der Waals surface area contributed by atoms with Gasteiger partial charge >= 0.3 is 39.5 Å². The number of rotatable bonds is 68. The summed E-state index contributed by atoms with van der Waals surface area (Å²) in [7, 11) is -9.90. The zero-order chi connectivity index (χ0) is 66.8. The van der Waals surface area contributed by atoms with Crippen LogP contribution in [0.3, 0.4) is 0 Å². The van der Waals surface area contributed by atoms with E-state index >= 15 is 0 Å². The molecule has 0 radical (unpaired) electrons. The lowest BCUT2D eigenvalue weighted by atomic mass is 10.00. The average molecular weight is 1330 g/mol. The molecule has 0 spiro atoms. The van der Waals surface area contributed by atoms with E-state index in [1.54, 1.807) is 0 Å². The summed E-state index contributed by atoms with van der Waals surface area (Å²) in [5, 5.41) is 10.6. The summed E-state index contributed by atoms with van der Waals surface area (Å²) in [6, 6.07) is 0. The minimum atomic E-state index is -4.95. The Morgan fingerprint density at radius 1 is 0.311 bits per heavy atom. The first kappa shape index (κ1) is 88.1. The van der Waals surface area contributed by atoms with Crippen LogP contribution < -0.4 is 0 Å². The van der Waals surface area contributed by atoms with Gasteiger partial charge in [0.15, 0.2) is 12.2 Å². The van der Waals surface area contributed by atoms with Crippen LogP contribution in [0.15, 0.2) is 0 Å². The number of aliphatic hydroxyl groups is 1. The van der Waals surface area contributed by atoms with E-state index in [0.29, 0.717) is 25.7 Å². The molecule has 17 nitrogen and oxygen atoms in total. The van der Waals surface area contributed by atoms with Gasteiger partial charge in [0, 0.05) is 25.7 Å². The van der Waals surface area contributed by atoms with Crippen LogP contribution in [0.1, 0.15) is 351 Å². The number of hydrogen-bond donors (Lipinski definition) is 3. The third-order valence-electron chi connectivity index (χ3n) is 16.7. The third kappa shape index (κ3) is 63.5. The summed E-state index contributed by atoms with van der Waals surface area (Å²) < 4.78 is 68.3. The van der Waals surface area contributed by atoms with Gasteiger partial charge in [-0.25, -0.2) is 9.13 Å². The Labute approximate surface area is 549 Å². The highest BCUT2D eigenvalue weighted by Gasteiger charge is 2.30. The SMILES string of the molecule is CCC(C)CCCCCCCCC(=O)O[C@H](COC(=O)CCCCCCCCCCC(C)C)COP(=O)(O)OCC(O)COP(=O)(O)OC[C@@H](COC(=O)CCCCCCCCCCCCCCCCCC(C)C)OC(=O)CCCCCCCCCCC(C)C. The molecule has 0 fully saturated rings. The van der Waals surface area contributed by atoms with E-state index in [9.17, 15) is 43.2 Å². The Kier molecular flexibility index (Phi) is 59.4. The number of phosphoric acid groups is 2. The van der Waals surface area contributed by atoms with Gasteiger partial charge in [0.1, 0.15) is 19.3 Å². The van der Waals surface area contributed by atoms with Crippen LogP contribution in [0.5, 0.6) is 0 Å². The van der Waals surface area contributed by atoms with Crippen molar-refractivity contribution in [2.75, 3.05) is 39.6 Å². The Balaban J connectivity index is 5.20.